The summed E-state index contributed by atoms with van der Waals surface area (Å²) in [6.45, 7) is 2.97. The highest BCUT2D eigenvalue weighted by Gasteiger charge is 2.31. The van der Waals surface area contributed by atoms with E-state index in [-0.39, 0.29) is 11.1 Å². The second-order valence-corrected chi connectivity index (χ2v) is 6.35. The first-order valence-corrected chi connectivity index (χ1v) is 7.44. The molecular weight excluding hydrogens is 268 g/mol. The molecule has 0 aliphatic carbocycles. The number of rotatable bonds is 2. The zero-order valence-corrected chi connectivity index (χ0v) is 11.2. The second-order valence-electron chi connectivity index (χ2n) is 4.47. The van der Waals surface area contributed by atoms with Gasteiger partial charge >= 0.3 is 0 Å². The number of nitrogens with one attached hydrogen (secondary N) is 1. The van der Waals surface area contributed by atoms with E-state index in [0.29, 0.717) is 30.7 Å². The van der Waals surface area contributed by atoms with Gasteiger partial charge in [-0.25, -0.2) is 13.4 Å². The van der Waals surface area contributed by atoms with Crippen LogP contribution in [0.25, 0.3) is 11.0 Å². The smallest absolute Gasteiger partial charge is 0.260 e. The molecule has 8 heteroatoms. The highest BCUT2D eigenvalue weighted by Crippen LogP contribution is 2.23. The molecule has 0 saturated carbocycles. The number of fused-ring (bicyclic) bond motifs is 1. The van der Waals surface area contributed by atoms with Crippen LogP contribution in [0, 0.1) is 0 Å². The van der Waals surface area contributed by atoms with Crippen LogP contribution in [0.1, 0.15) is 6.92 Å². The molecule has 0 spiro atoms. The van der Waals surface area contributed by atoms with Crippen LogP contribution in [-0.2, 0) is 14.8 Å². The molecule has 0 bridgehead atoms. The molecule has 19 heavy (non-hydrogen) atoms. The van der Waals surface area contributed by atoms with Crippen molar-refractivity contribution in [1.82, 2.24) is 19.5 Å². The Morgan fingerprint density at radius 1 is 1.53 bits per heavy atom. The van der Waals surface area contributed by atoms with Gasteiger partial charge in [-0.15, -0.1) is 0 Å². The minimum atomic E-state index is -3.58. The zero-order valence-electron chi connectivity index (χ0n) is 10.4. The van der Waals surface area contributed by atoms with Crippen LogP contribution in [0.5, 0.6) is 0 Å². The van der Waals surface area contributed by atoms with Crippen molar-refractivity contribution in [3.05, 3.63) is 18.3 Å². The van der Waals surface area contributed by atoms with Crippen molar-refractivity contribution < 1.29 is 13.2 Å². The molecule has 1 N–H and O–H groups in total. The van der Waals surface area contributed by atoms with Crippen molar-refractivity contribution in [2.24, 2.45) is 0 Å². The Morgan fingerprint density at radius 2 is 2.37 bits per heavy atom. The van der Waals surface area contributed by atoms with Crippen LogP contribution >= 0.6 is 0 Å². The van der Waals surface area contributed by atoms with Gasteiger partial charge in [-0.05, 0) is 19.1 Å². The van der Waals surface area contributed by atoms with Crippen molar-refractivity contribution in [3.8, 4) is 0 Å². The normalized spacial score (nSPS) is 21.8. The minimum Gasteiger partial charge on any atom is -0.376 e. The molecule has 1 atom stereocenters. The van der Waals surface area contributed by atoms with Gasteiger partial charge in [0.25, 0.3) is 10.0 Å². The van der Waals surface area contributed by atoms with Crippen LogP contribution in [0.4, 0.5) is 0 Å². The first-order valence-electron chi connectivity index (χ1n) is 6.00. The Kier molecular flexibility index (Phi) is 3.00. The lowest BCUT2D eigenvalue weighted by molar-refractivity contribution is 0.0101. The average Bonchev–Trinajstić information content (AvgIpc) is 2.83. The van der Waals surface area contributed by atoms with Gasteiger partial charge in [0.05, 0.1) is 18.1 Å². The first-order chi connectivity index (χ1) is 9.09. The number of ether oxygens (including phenoxy) is 1. The number of aromatic amines is 1. The highest BCUT2D eigenvalue weighted by molar-refractivity contribution is 7.89. The van der Waals surface area contributed by atoms with Gasteiger partial charge in [-0.1, -0.05) is 0 Å². The summed E-state index contributed by atoms with van der Waals surface area (Å²) in [5.41, 5.74) is 0.405. The number of sulfonamides is 1. The fraction of sp³-hybridized carbons (Fsp3) is 0.455. The summed E-state index contributed by atoms with van der Waals surface area (Å²) in [6, 6.07) is 3.39. The molecule has 1 unspecified atom stereocenters. The van der Waals surface area contributed by atoms with Crippen molar-refractivity contribution in [2.75, 3.05) is 19.7 Å². The van der Waals surface area contributed by atoms with Gasteiger partial charge in [-0.2, -0.15) is 9.40 Å². The summed E-state index contributed by atoms with van der Waals surface area (Å²) in [4.78, 5) is 4.03. The molecular formula is C11H14N4O3S. The Morgan fingerprint density at radius 3 is 3.16 bits per heavy atom. The van der Waals surface area contributed by atoms with E-state index in [9.17, 15) is 8.42 Å². The van der Waals surface area contributed by atoms with E-state index in [0.717, 1.165) is 0 Å². The van der Waals surface area contributed by atoms with Crippen molar-refractivity contribution in [3.63, 3.8) is 0 Å². The number of nitrogens with zero attached hydrogens (tertiary/aromatic N) is 3. The lowest BCUT2D eigenvalue weighted by Crippen LogP contribution is -2.44. The number of aromatic nitrogens is 3. The second kappa shape index (κ2) is 4.55. The summed E-state index contributed by atoms with van der Waals surface area (Å²) in [6.07, 6.45) is 1.48. The summed E-state index contributed by atoms with van der Waals surface area (Å²) in [5.74, 6) is 0. The number of hydrogen-bond acceptors (Lipinski definition) is 5. The number of hydrogen-bond donors (Lipinski definition) is 1. The van der Waals surface area contributed by atoms with Crippen LogP contribution in [0.3, 0.4) is 0 Å². The van der Waals surface area contributed by atoms with Gasteiger partial charge in [0.1, 0.15) is 0 Å². The Bertz CT molecular complexity index is 697. The Balaban J connectivity index is 2.04. The molecule has 3 rings (SSSR count). The average molecular weight is 282 g/mol. The molecule has 3 heterocycles. The molecule has 7 nitrogen and oxygen atoms in total. The monoisotopic (exact) mass is 282 g/mol. The molecule has 2 aromatic heterocycles. The molecule has 1 fully saturated rings. The third-order valence-electron chi connectivity index (χ3n) is 3.10. The molecule has 1 aliphatic rings. The summed E-state index contributed by atoms with van der Waals surface area (Å²) < 4.78 is 31.9. The van der Waals surface area contributed by atoms with Crippen molar-refractivity contribution in [2.45, 2.75) is 18.1 Å². The Hall–Kier alpha value is -1.51. The van der Waals surface area contributed by atoms with Gasteiger partial charge in [0.2, 0.25) is 0 Å². The maximum atomic E-state index is 12.6. The molecule has 102 valence electrons. The van der Waals surface area contributed by atoms with E-state index in [1.165, 1.54) is 4.31 Å². The van der Waals surface area contributed by atoms with Gasteiger partial charge in [0, 0.05) is 19.3 Å². The molecule has 0 radical (unpaired) electrons. The van der Waals surface area contributed by atoms with E-state index in [1.807, 2.05) is 6.92 Å². The lowest BCUT2D eigenvalue weighted by atomic mass is 10.3. The molecule has 0 amide bonds. The topological polar surface area (TPSA) is 88.2 Å². The van der Waals surface area contributed by atoms with E-state index in [1.54, 1.807) is 18.3 Å². The van der Waals surface area contributed by atoms with E-state index in [2.05, 4.69) is 15.2 Å². The van der Waals surface area contributed by atoms with Crippen LogP contribution in [0.15, 0.2) is 23.4 Å². The minimum absolute atomic E-state index is 0.101. The summed E-state index contributed by atoms with van der Waals surface area (Å²) in [7, 11) is -3.58. The first kappa shape index (κ1) is 12.5. The maximum Gasteiger partial charge on any atom is 0.260 e. The van der Waals surface area contributed by atoms with E-state index >= 15 is 0 Å². The number of morpholine rings is 1. The SMILES string of the molecule is CC1CN(S(=O)(=O)c2[nH]nc3ncccc23)CCO1. The molecule has 0 aromatic carbocycles. The molecule has 1 aliphatic heterocycles. The third kappa shape index (κ3) is 2.11. The maximum absolute atomic E-state index is 12.6. The van der Waals surface area contributed by atoms with Crippen molar-refractivity contribution >= 4 is 21.1 Å². The summed E-state index contributed by atoms with van der Waals surface area (Å²) in [5, 5.41) is 7.13. The zero-order chi connectivity index (χ0) is 13.5. The van der Waals surface area contributed by atoms with E-state index < -0.39 is 10.0 Å². The van der Waals surface area contributed by atoms with Gasteiger partial charge in [-0.3, -0.25) is 5.10 Å². The fourth-order valence-corrected chi connectivity index (χ4v) is 3.74. The largest absolute Gasteiger partial charge is 0.376 e. The number of pyridine rings is 1. The quantitative estimate of drug-likeness (QED) is 0.859. The van der Waals surface area contributed by atoms with Gasteiger partial charge < -0.3 is 4.74 Å². The number of H-pyrrole nitrogens is 1. The predicted octanol–water partition coefficient (Wildman–Crippen LogP) is 0.367. The predicted molar refractivity (Wildman–Crippen MR) is 68.1 cm³/mol. The summed E-state index contributed by atoms with van der Waals surface area (Å²) >= 11 is 0. The standard InChI is InChI=1S/C11H14N4O3S/c1-8-7-15(5-6-18-8)19(16,17)11-9-3-2-4-12-10(9)13-14-11/h2-4,8H,5-7H2,1H3,(H,12,13,14). The highest BCUT2D eigenvalue weighted by atomic mass is 32.2. The van der Waals surface area contributed by atoms with Crippen molar-refractivity contribution in [1.29, 1.82) is 0 Å². The van der Waals surface area contributed by atoms with Gasteiger partial charge in [0.15, 0.2) is 10.7 Å². The Labute approximate surface area is 110 Å². The van der Waals surface area contributed by atoms with Crippen LogP contribution < -0.4 is 0 Å². The fourth-order valence-electron chi connectivity index (χ4n) is 2.16. The van der Waals surface area contributed by atoms with Crippen LogP contribution in [-0.4, -0.2) is 53.7 Å². The van der Waals surface area contributed by atoms with E-state index in [4.69, 9.17) is 4.74 Å². The molecule has 2 aromatic rings. The van der Waals surface area contributed by atoms with Crippen LogP contribution in [0.2, 0.25) is 0 Å². The molecule has 1 saturated heterocycles. The lowest BCUT2D eigenvalue weighted by Gasteiger charge is -2.29. The third-order valence-corrected chi connectivity index (χ3v) is 4.93.